The first-order valence-corrected chi connectivity index (χ1v) is 14.1. The summed E-state index contributed by atoms with van der Waals surface area (Å²) in [4.78, 5) is 17.5. The van der Waals surface area contributed by atoms with Crippen LogP contribution in [0.1, 0.15) is 111 Å². The number of anilines is 1. The summed E-state index contributed by atoms with van der Waals surface area (Å²) < 4.78 is 0. The van der Waals surface area contributed by atoms with Gasteiger partial charge in [-0.05, 0) is 60.1 Å². The number of unbranched alkanes of at least 4 members (excludes halogenated alkanes) is 2. The predicted molar refractivity (Wildman–Crippen MR) is 149 cm³/mol. The molecule has 2 aromatic rings. The number of thiazole rings is 1. The van der Waals surface area contributed by atoms with Gasteiger partial charge in [0.1, 0.15) is 0 Å². The van der Waals surface area contributed by atoms with Gasteiger partial charge in [0.05, 0.1) is 5.69 Å². The molecule has 0 saturated carbocycles. The van der Waals surface area contributed by atoms with Gasteiger partial charge in [0.15, 0.2) is 5.13 Å². The second-order valence-corrected chi connectivity index (χ2v) is 11.8. The first-order chi connectivity index (χ1) is 16.1. The highest BCUT2D eigenvalue weighted by molar-refractivity contribution is 7.14. The fourth-order valence-electron chi connectivity index (χ4n) is 4.68. The topological polar surface area (TPSA) is 59.2 Å². The lowest BCUT2D eigenvalue weighted by molar-refractivity contribution is -0.118. The summed E-state index contributed by atoms with van der Waals surface area (Å²) in [6.45, 7) is 18.3. The lowest BCUT2D eigenvalue weighted by Crippen LogP contribution is -2.33. The molecule has 1 aliphatic rings. The van der Waals surface area contributed by atoms with Gasteiger partial charge in [0.25, 0.3) is 0 Å². The maximum Gasteiger partial charge on any atom is 0.217 e. The molecular weight excluding hydrogens is 438 g/mol. The van der Waals surface area contributed by atoms with Crippen molar-refractivity contribution in [2.75, 3.05) is 18.0 Å². The zero-order valence-corrected chi connectivity index (χ0v) is 23.5. The van der Waals surface area contributed by atoms with Crippen molar-refractivity contribution in [2.45, 2.75) is 111 Å². The van der Waals surface area contributed by atoms with Crippen molar-refractivity contribution in [3.8, 4) is 11.3 Å². The van der Waals surface area contributed by atoms with Crippen molar-refractivity contribution in [1.29, 1.82) is 0 Å². The fraction of sp³-hybridized carbons (Fsp3) is 0.655. The molecule has 0 aliphatic heterocycles. The Morgan fingerprint density at radius 3 is 2.15 bits per heavy atom. The zero-order chi connectivity index (χ0) is 25.4. The number of benzene rings is 1. The molecule has 1 aromatic carbocycles. The van der Waals surface area contributed by atoms with Crippen LogP contribution in [0.4, 0.5) is 5.13 Å². The Labute approximate surface area is 212 Å². The van der Waals surface area contributed by atoms with Crippen molar-refractivity contribution in [1.82, 2.24) is 4.98 Å². The van der Waals surface area contributed by atoms with Crippen LogP contribution in [0.3, 0.4) is 0 Å². The van der Waals surface area contributed by atoms with Crippen LogP contribution in [0.15, 0.2) is 23.6 Å². The lowest BCUT2D eigenvalue weighted by atomic mass is 9.63. The van der Waals surface area contributed by atoms with Gasteiger partial charge < -0.3 is 10.6 Å². The lowest BCUT2D eigenvalue weighted by Gasteiger charge is -2.42. The number of hydrogen-bond donors (Lipinski definition) is 1. The Hall–Kier alpha value is -1.88. The summed E-state index contributed by atoms with van der Waals surface area (Å²) in [6, 6.07) is 7.06. The molecule has 0 fully saturated rings. The number of hydrogen-bond acceptors (Lipinski definition) is 4. The van der Waals surface area contributed by atoms with Crippen molar-refractivity contribution < 1.29 is 4.79 Å². The van der Waals surface area contributed by atoms with Crippen LogP contribution in [0, 0.1) is 0 Å². The number of carbonyl (C=O) groups is 1. The van der Waals surface area contributed by atoms with Gasteiger partial charge in [-0.25, -0.2) is 4.98 Å². The number of rotatable bonds is 10. The number of amides is 1. The SMILES string of the molecule is CCCCCC(N)=O.CCCN(CCC)c1nc(-c2ccc3c(c2)C(C)(C)CCC3(C)C)cs1. The molecule has 0 atom stereocenters. The standard InChI is InChI=1S/C23H34N2S.C6H13NO/c1-7-13-25(14-8-2)21-24-20(16-26-21)17-9-10-18-19(15-17)23(5,6)12-11-22(18,3)4;1-2-3-4-5-6(7)8/h9-10,15-16H,7-8,11-14H2,1-6H3;2-5H2,1H3,(H2,7,8). The summed E-state index contributed by atoms with van der Waals surface area (Å²) in [5, 5.41) is 3.40. The van der Waals surface area contributed by atoms with Gasteiger partial charge in [-0.1, -0.05) is 73.4 Å². The Bertz CT molecular complexity index is 910. The van der Waals surface area contributed by atoms with Crippen molar-refractivity contribution >= 4 is 22.4 Å². The first kappa shape index (κ1) is 28.4. The van der Waals surface area contributed by atoms with Crippen molar-refractivity contribution in [3.63, 3.8) is 0 Å². The van der Waals surface area contributed by atoms with E-state index in [0.717, 1.165) is 50.9 Å². The molecule has 1 amide bonds. The average molecular weight is 486 g/mol. The molecule has 4 nitrogen and oxygen atoms in total. The molecule has 190 valence electrons. The van der Waals surface area contributed by atoms with Gasteiger partial charge >= 0.3 is 0 Å². The zero-order valence-electron chi connectivity index (χ0n) is 22.7. The van der Waals surface area contributed by atoms with E-state index >= 15 is 0 Å². The molecule has 1 aliphatic carbocycles. The van der Waals surface area contributed by atoms with E-state index in [4.69, 9.17) is 10.7 Å². The Morgan fingerprint density at radius 2 is 1.59 bits per heavy atom. The average Bonchev–Trinajstić information content (AvgIpc) is 3.27. The van der Waals surface area contributed by atoms with Crippen LogP contribution in [-0.4, -0.2) is 24.0 Å². The molecule has 2 N–H and O–H groups in total. The third-order valence-corrected chi connectivity index (χ3v) is 7.83. The molecule has 0 unspecified atom stereocenters. The number of aromatic nitrogens is 1. The normalized spacial score (nSPS) is 15.7. The van der Waals surface area contributed by atoms with E-state index in [1.807, 2.05) is 0 Å². The highest BCUT2D eigenvalue weighted by Crippen LogP contribution is 2.46. The van der Waals surface area contributed by atoms with Gasteiger partial charge in [0.2, 0.25) is 5.91 Å². The molecule has 5 heteroatoms. The molecule has 0 radical (unpaired) electrons. The molecule has 3 rings (SSSR count). The maximum absolute atomic E-state index is 10.1. The number of carbonyl (C=O) groups excluding carboxylic acids is 1. The van der Waals surface area contributed by atoms with Crippen LogP contribution in [0.2, 0.25) is 0 Å². The smallest absolute Gasteiger partial charge is 0.217 e. The minimum absolute atomic E-state index is 0.182. The summed E-state index contributed by atoms with van der Waals surface area (Å²) in [5.41, 5.74) is 10.8. The molecule has 1 aromatic heterocycles. The second-order valence-electron chi connectivity index (χ2n) is 11.0. The van der Waals surface area contributed by atoms with E-state index in [1.165, 1.54) is 34.7 Å². The minimum Gasteiger partial charge on any atom is -0.370 e. The summed E-state index contributed by atoms with van der Waals surface area (Å²) >= 11 is 1.78. The largest absolute Gasteiger partial charge is 0.370 e. The molecule has 0 bridgehead atoms. The molecule has 0 saturated heterocycles. The van der Waals surface area contributed by atoms with E-state index in [-0.39, 0.29) is 16.7 Å². The Kier molecular flexibility index (Phi) is 10.6. The van der Waals surface area contributed by atoms with Crippen LogP contribution in [0.5, 0.6) is 0 Å². The Morgan fingerprint density at radius 1 is 0.971 bits per heavy atom. The highest BCUT2D eigenvalue weighted by atomic mass is 32.1. The minimum atomic E-state index is -0.182. The first-order valence-electron chi connectivity index (χ1n) is 13.2. The third kappa shape index (κ3) is 7.56. The fourth-order valence-corrected chi connectivity index (χ4v) is 5.57. The van der Waals surface area contributed by atoms with E-state index in [9.17, 15) is 4.79 Å². The van der Waals surface area contributed by atoms with Crippen LogP contribution in [0.25, 0.3) is 11.3 Å². The van der Waals surface area contributed by atoms with Crippen molar-refractivity contribution in [2.24, 2.45) is 5.73 Å². The van der Waals surface area contributed by atoms with Crippen molar-refractivity contribution in [3.05, 3.63) is 34.7 Å². The molecule has 0 spiro atoms. The number of nitrogens with two attached hydrogens (primary N) is 1. The van der Waals surface area contributed by atoms with Gasteiger partial charge in [-0.3, -0.25) is 4.79 Å². The maximum atomic E-state index is 10.1. The van der Waals surface area contributed by atoms with E-state index in [0.29, 0.717) is 6.42 Å². The van der Waals surface area contributed by atoms with Gasteiger partial charge in [0, 0.05) is 30.5 Å². The summed E-state index contributed by atoms with van der Waals surface area (Å²) in [6.07, 6.45) is 8.60. The number of fused-ring (bicyclic) bond motifs is 1. The van der Waals surface area contributed by atoms with E-state index < -0.39 is 0 Å². The predicted octanol–water partition coefficient (Wildman–Crippen LogP) is 7.84. The van der Waals surface area contributed by atoms with Crippen LogP contribution < -0.4 is 10.6 Å². The monoisotopic (exact) mass is 485 g/mol. The molecule has 34 heavy (non-hydrogen) atoms. The Balaban J connectivity index is 0.000000440. The van der Waals surface area contributed by atoms with Crippen LogP contribution >= 0.6 is 11.3 Å². The van der Waals surface area contributed by atoms with E-state index in [1.54, 1.807) is 11.3 Å². The second kappa shape index (κ2) is 12.7. The van der Waals surface area contributed by atoms with Gasteiger partial charge in [-0.2, -0.15) is 0 Å². The quantitative estimate of drug-likeness (QED) is 0.349. The van der Waals surface area contributed by atoms with Gasteiger partial charge in [-0.15, -0.1) is 11.3 Å². The highest BCUT2D eigenvalue weighted by Gasteiger charge is 2.37. The number of primary amides is 1. The summed E-state index contributed by atoms with van der Waals surface area (Å²) in [5.74, 6) is -0.182. The van der Waals surface area contributed by atoms with E-state index in [2.05, 4.69) is 76.9 Å². The molecular formula is C29H47N3OS. The summed E-state index contributed by atoms with van der Waals surface area (Å²) in [7, 11) is 0. The van der Waals surface area contributed by atoms with Crippen LogP contribution in [-0.2, 0) is 15.6 Å². The third-order valence-electron chi connectivity index (χ3n) is 6.92. The molecule has 1 heterocycles. The number of nitrogens with zero attached hydrogens (tertiary/aromatic N) is 2.